The summed E-state index contributed by atoms with van der Waals surface area (Å²) in [6.07, 6.45) is 4.15. The number of ether oxygens (including phenoxy) is 1. The van der Waals surface area contributed by atoms with E-state index in [0.29, 0.717) is 5.41 Å². The van der Waals surface area contributed by atoms with Crippen molar-refractivity contribution in [3.63, 3.8) is 0 Å². The van der Waals surface area contributed by atoms with Crippen LogP contribution < -0.4 is 5.73 Å². The average molecular weight is 155 g/mol. The van der Waals surface area contributed by atoms with Crippen LogP contribution in [0.5, 0.6) is 0 Å². The first-order valence-electron chi connectivity index (χ1n) is 4.52. The van der Waals surface area contributed by atoms with E-state index in [1.54, 1.807) is 7.11 Å². The highest BCUT2D eigenvalue weighted by molar-refractivity contribution is 5.10. The van der Waals surface area contributed by atoms with Crippen molar-refractivity contribution in [3.05, 3.63) is 0 Å². The first-order valence-corrected chi connectivity index (χ1v) is 4.52. The van der Waals surface area contributed by atoms with Crippen molar-refractivity contribution in [2.75, 3.05) is 20.3 Å². The number of nitrogens with two attached hydrogens (primary N) is 1. The van der Waals surface area contributed by atoms with E-state index in [9.17, 15) is 0 Å². The highest BCUT2D eigenvalue weighted by Gasteiger charge is 2.61. The molecule has 64 valence electrons. The van der Waals surface area contributed by atoms with Crippen LogP contribution in [0, 0.1) is 17.3 Å². The minimum atomic E-state index is 0.531. The van der Waals surface area contributed by atoms with Gasteiger partial charge in [0.25, 0.3) is 0 Å². The van der Waals surface area contributed by atoms with Crippen molar-refractivity contribution >= 4 is 0 Å². The maximum Gasteiger partial charge on any atom is 0.0524 e. The molecule has 11 heavy (non-hydrogen) atoms. The zero-order chi connectivity index (χ0) is 7.90. The molecular weight excluding hydrogens is 138 g/mol. The minimum absolute atomic E-state index is 0.531. The molecule has 2 atom stereocenters. The minimum Gasteiger partial charge on any atom is -0.384 e. The van der Waals surface area contributed by atoms with Crippen molar-refractivity contribution in [2.45, 2.75) is 19.3 Å². The van der Waals surface area contributed by atoms with Gasteiger partial charge in [0, 0.05) is 12.5 Å². The Morgan fingerprint density at radius 2 is 2.27 bits per heavy atom. The summed E-state index contributed by atoms with van der Waals surface area (Å²) in [6, 6.07) is 0. The van der Waals surface area contributed by atoms with Crippen LogP contribution in [0.1, 0.15) is 19.3 Å². The fourth-order valence-electron chi connectivity index (χ4n) is 2.44. The van der Waals surface area contributed by atoms with E-state index in [2.05, 4.69) is 0 Å². The van der Waals surface area contributed by atoms with E-state index < -0.39 is 0 Å². The third kappa shape index (κ3) is 1.09. The predicted molar refractivity (Wildman–Crippen MR) is 44.2 cm³/mol. The third-order valence-electron chi connectivity index (χ3n) is 3.37. The fourth-order valence-corrected chi connectivity index (χ4v) is 2.44. The predicted octanol–water partition coefficient (Wildman–Crippen LogP) is 1.01. The monoisotopic (exact) mass is 155 g/mol. The zero-order valence-corrected chi connectivity index (χ0v) is 7.18. The van der Waals surface area contributed by atoms with Gasteiger partial charge in [0.2, 0.25) is 0 Å². The normalized spacial score (nSPS) is 42.5. The van der Waals surface area contributed by atoms with Crippen LogP contribution in [0.15, 0.2) is 0 Å². The topological polar surface area (TPSA) is 35.2 Å². The summed E-state index contributed by atoms with van der Waals surface area (Å²) in [4.78, 5) is 0. The molecule has 0 aromatic rings. The molecule has 0 aliphatic heterocycles. The van der Waals surface area contributed by atoms with Crippen LogP contribution in [0.25, 0.3) is 0 Å². The lowest BCUT2D eigenvalue weighted by Gasteiger charge is -2.14. The van der Waals surface area contributed by atoms with Gasteiger partial charge in [-0.1, -0.05) is 0 Å². The van der Waals surface area contributed by atoms with Gasteiger partial charge < -0.3 is 10.5 Å². The van der Waals surface area contributed by atoms with Gasteiger partial charge in [-0.15, -0.1) is 0 Å². The molecule has 0 heterocycles. The van der Waals surface area contributed by atoms with Gasteiger partial charge in [-0.25, -0.2) is 0 Å². The van der Waals surface area contributed by atoms with Crippen LogP contribution in [-0.4, -0.2) is 20.3 Å². The van der Waals surface area contributed by atoms with Crippen LogP contribution in [0.3, 0.4) is 0 Å². The molecule has 0 saturated heterocycles. The molecule has 2 rings (SSSR count). The van der Waals surface area contributed by atoms with Crippen molar-refractivity contribution in [2.24, 2.45) is 23.0 Å². The Labute approximate surface area is 68.1 Å². The van der Waals surface area contributed by atoms with Crippen molar-refractivity contribution in [1.29, 1.82) is 0 Å². The Balaban J connectivity index is 1.94. The van der Waals surface area contributed by atoms with E-state index in [1.807, 2.05) is 0 Å². The maximum atomic E-state index is 5.65. The number of methoxy groups -OCH3 is 1. The number of hydrogen-bond donors (Lipinski definition) is 1. The molecule has 2 fully saturated rings. The van der Waals surface area contributed by atoms with E-state index in [1.165, 1.54) is 19.3 Å². The van der Waals surface area contributed by atoms with Crippen molar-refractivity contribution in [3.8, 4) is 0 Å². The molecular formula is C9H17NO. The smallest absolute Gasteiger partial charge is 0.0524 e. The largest absolute Gasteiger partial charge is 0.384 e. The van der Waals surface area contributed by atoms with E-state index in [4.69, 9.17) is 10.5 Å². The van der Waals surface area contributed by atoms with Gasteiger partial charge in [0.05, 0.1) is 6.61 Å². The van der Waals surface area contributed by atoms with Gasteiger partial charge in [-0.05, 0) is 37.6 Å². The summed E-state index contributed by atoms with van der Waals surface area (Å²) in [6.45, 7) is 1.80. The lowest BCUT2D eigenvalue weighted by Crippen LogP contribution is -2.18. The number of hydrogen-bond acceptors (Lipinski definition) is 2. The summed E-state index contributed by atoms with van der Waals surface area (Å²) in [5.41, 5.74) is 6.18. The van der Waals surface area contributed by atoms with Gasteiger partial charge >= 0.3 is 0 Å². The molecule has 2 heteroatoms. The number of rotatable bonds is 4. The van der Waals surface area contributed by atoms with Crippen LogP contribution >= 0.6 is 0 Å². The molecule has 2 N–H and O–H groups in total. The highest BCUT2D eigenvalue weighted by Crippen LogP contribution is 2.64. The van der Waals surface area contributed by atoms with Crippen LogP contribution in [0.2, 0.25) is 0 Å². The molecule has 0 aromatic heterocycles. The second kappa shape index (κ2) is 2.46. The quantitative estimate of drug-likeness (QED) is 0.657. The van der Waals surface area contributed by atoms with E-state index in [-0.39, 0.29) is 0 Å². The second-order valence-electron chi connectivity index (χ2n) is 4.08. The molecule has 0 spiro atoms. The summed E-state index contributed by atoms with van der Waals surface area (Å²) < 4.78 is 5.25. The van der Waals surface area contributed by atoms with Gasteiger partial charge in [0.1, 0.15) is 0 Å². The Bertz CT molecular complexity index is 156. The molecule has 2 aliphatic rings. The molecule has 2 nitrogen and oxygen atoms in total. The van der Waals surface area contributed by atoms with Gasteiger partial charge in [0.15, 0.2) is 0 Å². The lowest BCUT2D eigenvalue weighted by atomic mass is 9.98. The van der Waals surface area contributed by atoms with E-state index >= 15 is 0 Å². The first-order chi connectivity index (χ1) is 5.33. The lowest BCUT2D eigenvalue weighted by molar-refractivity contribution is 0.120. The Morgan fingerprint density at radius 1 is 1.55 bits per heavy atom. The van der Waals surface area contributed by atoms with Crippen molar-refractivity contribution < 1.29 is 4.74 Å². The molecule has 2 unspecified atom stereocenters. The molecule has 0 aromatic carbocycles. The fraction of sp³-hybridized carbons (Fsp3) is 1.00. The van der Waals surface area contributed by atoms with E-state index in [0.717, 1.165) is 25.0 Å². The Morgan fingerprint density at radius 3 is 2.64 bits per heavy atom. The summed E-state index contributed by atoms with van der Waals surface area (Å²) >= 11 is 0. The second-order valence-corrected chi connectivity index (χ2v) is 4.08. The molecule has 0 radical (unpaired) electrons. The molecule has 0 bridgehead atoms. The average Bonchev–Trinajstić information content (AvgIpc) is 2.83. The highest BCUT2D eigenvalue weighted by atomic mass is 16.5. The summed E-state index contributed by atoms with van der Waals surface area (Å²) in [5.74, 6) is 1.73. The first kappa shape index (κ1) is 7.56. The van der Waals surface area contributed by atoms with Crippen molar-refractivity contribution in [1.82, 2.24) is 0 Å². The zero-order valence-electron chi connectivity index (χ0n) is 7.18. The third-order valence-corrected chi connectivity index (χ3v) is 3.37. The van der Waals surface area contributed by atoms with Crippen LogP contribution in [-0.2, 0) is 4.74 Å². The summed E-state index contributed by atoms with van der Waals surface area (Å²) in [7, 11) is 1.80. The Kier molecular flexibility index (Phi) is 1.69. The SMILES string of the molecule is COCC1(C2CC2)CC1CN. The van der Waals surface area contributed by atoms with Gasteiger partial charge in [-0.3, -0.25) is 0 Å². The molecule has 0 amide bonds. The Hall–Kier alpha value is -0.0800. The maximum absolute atomic E-state index is 5.65. The summed E-state index contributed by atoms with van der Waals surface area (Å²) in [5, 5.41) is 0. The standard InChI is InChI=1S/C9H17NO/c1-11-6-9(7-2-3-7)4-8(9)5-10/h7-8H,2-6,10H2,1H3. The molecule has 2 saturated carbocycles. The molecule has 2 aliphatic carbocycles. The van der Waals surface area contributed by atoms with Crippen LogP contribution in [0.4, 0.5) is 0 Å². The van der Waals surface area contributed by atoms with Gasteiger partial charge in [-0.2, -0.15) is 0 Å².